The summed E-state index contributed by atoms with van der Waals surface area (Å²) in [5.41, 5.74) is -1.25. The van der Waals surface area contributed by atoms with Crippen LogP contribution in [0.3, 0.4) is 0 Å². The van der Waals surface area contributed by atoms with Crippen LogP contribution in [0.2, 0.25) is 0 Å². The number of carbonyl (C=O) groups is 3. The van der Waals surface area contributed by atoms with Crippen molar-refractivity contribution in [1.82, 2.24) is 16.0 Å². The second-order valence-electron chi connectivity index (χ2n) is 6.51. The topological polar surface area (TPSA) is 174 Å². The van der Waals surface area contributed by atoms with Gasteiger partial charge < -0.3 is 30.8 Å². The van der Waals surface area contributed by atoms with E-state index >= 15 is 0 Å². The Hall–Kier alpha value is -1.17. The highest BCUT2D eigenvalue weighted by Crippen LogP contribution is 2.38. The lowest BCUT2D eigenvalue weighted by Crippen LogP contribution is -2.46. The minimum atomic E-state index is -4.72. The van der Waals surface area contributed by atoms with E-state index in [9.17, 15) is 24.1 Å². The van der Waals surface area contributed by atoms with Crippen LogP contribution in [0.4, 0.5) is 0 Å². The lowest BCUT2D eigenvalue weighted by atomic mass is 9.87. The van der Waals surface area contributed by atoms with Crippen molar-refractivity contribution in [2.24, 2.45) is 5.41 Å². The van der Waals surface area contributed by atoms with Gasteiger partial charge in [-0.05, 0) is 6.92 Å². The van der Waals surface area contributed by atoms with Gasteiger partial charge in [-0.3, -0.25) is 18.9 Å². The van der Waals surface area contributed by atoms with Gasteiger partial charge in [0.25, 0.3) is 0 Å². The van der Waals surface area contributed by atoms with E-state index in [1.807, 2.05) is 0 Å². The standard InChI is InChI=1S/C14H28N3O8PS/c1-9(27)12(20)17-7-6-15-10(18)4-5-16-13(21)11(19)14(2,3)8-25-26(22,23)24/h9,11,19,27H,4-8H2,1-3H3,(H,15,18)(H,16,21)(H,17,20)(H2,22,23,24)/t9-,11+/m1/s1. The highest BCUT2D eigenvalue weighted by molar-refractivity contribution is 7.81. The number of phosphoric ester groups is 1. The quantitative estimate of drug-likeness (QED) is 0.112. The molecule has 158 valence electrons. The van der Waals surface area contributed by atoms with Crippen molar-refractivity contribution in [3.8, 4) is 0 Å². The highest BCUT2D eigenvalue weighted by atomic mass is 32.1. The van der Waals surface area contributed by atoms with Crippen LogP contribution in [0.25, 0.3) is 0 Å². The normalized spacial score (nSPS) is 14.2. The molecule has 0 radical (unpaired) electrons. The molecule has 11 nitrogen and oxygen atoms in total. The van der Waals surface area contributed by atoms with Crippen molar-refractivity contribution in [3.63, 3.8) is 0 Å². The van der Waals surface area contributed by atoms with Gasteiger partial charge in [0.15, 0.2) is 0 Å². The summed E-state index contributed by atoms with van der Waals surface area (Å²) in [7, 11) is -4.72. The van der Waals surface area contributed by atoms with Gasteiger partial charge in [-0.1, -0.05) is 13.8 Å². The van der Waals surface area contributed by atoms with Gasteiger partial charge >= 0.3 is 7.82 Å². The third kappa shape index (κ3) is 12.0. The average Bonchev–Trinajstić information content (AvgIpc) is 2.55. The summed E-state index contributed by atoms with van der Waals surface area (Å²) in [6.45, 7) is 4.30. The summed E-state index contributed by atoms with van der Waals surface area (Å²) in [6, 6.07) is 0. The third-order valence-corrected chi connectivity index (χ3v) is 4.07. The Morgan fingerprint density at radius 2 is 1.59 bits per heavy atom. The van der Waals surface area contributed by atoms with E-state index in [0.717, 1.165) is 0 Å². The van der Waals surface area contributed by atoms with Crippen molar-refractivity contribution in [1.29, 1.82) is 0 Å². The molecule has 2 atom stereocenters. The Morgan fingerprint density at radius 1 is 1.07 bits per heavy atom. The van der Waals surface area contributed by atoms with Gasteiger partial charge in [0.05, 0.1) is 11.9 Å². The van der Waals surface area contributed by atoms with Crippen LogP contribution in [0.15, 0.2) is 0 Å². The Bertz CT molecular complexity index is 567. The van der Waals surface area contributed by atoms with Gasteiger partial charge in [0, 0.05) is 31.5 Å². The fourth-order valence-corrected chi connectivity index (χ4v) is 2.30. The highest BCUT2D eigenvalue weighted by Gasteiger charge is 2.35. The molecular formula is C14H28N3O8PS. The number of aliphatic hydroxyl groups is 1. The first-order valence-electron chi connectivity index (χ1n) is 8.14. The third-order valence-electron chi connectivity index (χ3n) is 3.37. The molecule has 0 spiro atoms. The second kappa shape index (κ2) is 11.6. The maximum Gasteiger partial charge on any atom is 0.469 e. The maximum absolute atomic E-state index is 11.9. The molecule has 0 saturated heterocycles. The zero-order valence-corrected chi connectivity index (χ0v) is 17.3. The number of nitrogens with one attached hydrogen (secondary N) is 3. The minimum absolute atomic E-state index is 0.0445. The molecule has 27 heavy (non-hydrogen) atoms. The van der Waals surface area contributed by atoms with Crippen LogP contribution in [-0.4, -0.2) is 70.2 Å². The second-order valence-corrected chi connectivity index (χ2v) is 8.53. The molecule has 13 heteroatoms. The molecule has 0 aromatic carbocycles. The molecule has 0 unspecified atom stereocenters. The molecule has 0 fully saturated rings. The zero-order chi connectivity index (χ0) is 21.3. The summed E-state index contributed by atoms with van der Waals surface area (Å²) in [6.07, 6.45) is -1.64. The number of rotatable bonds is 12. The lowest BCUT2D eigenvalue weighted by molar-refractivity contribution is -0.137. The van der Waals surface area contributed by atoms with E-state index in [0.29, 0.717) is 0 Å². The Morgan fingerprint density at radius 3 is 2.11 bits per heavy atom. The minimum Gasteiger partial charge on any atom is -0.383 e. The van der Waals surface area contributed by atoms with Crippen molar-refractivity contribution >= 4 is 38.2 Å². The fraction of sp³-hybridized carbons (Fsp3) is 0.786. The van der Waals surface area contributed by atoms with E-state index in [-0.39, 0.29) is 37.9 Å². The number of aliphatic hydroxyl groups excluding tert-OH is 1. The Kier molecular flexibility index (Phi) is 11.1. The summed E-state index contributed by atoms with van der Waals surface area (Å²) >= 11 is 3.96. The fourth-order valence-electron chi connectivity index (χ4n) is 1.70. The van der Waals surface area contributed by atoms with Crippen molar-refractivity contribution in [3.05, 3.63) is 0 Å². The first kappa shape index (κ1) is 25.8. The zero-order valence-electron chi connectivity index (χ0n) is 15.5. The van der Waals surface area contributed by atoms with E-state index in [4.69, 9.17) is 9.79 Å². The van der Waals surface area contributed by atoms with Crippen LogP contribution < -0.4 is 16.0 Å². The van der Waals surface area contributed by atoms with Gasteiger partial charge in [-0.25, -0.2) is 4.57 Å². The number of amides is 3. The lowest BCUT2D eigenvalue weighted by Gasteiger charge is -2.29. The van der Waals surface area contributed by atoms with E-state index in [2.05, 4.69) is 33.1 Å². The van der Waals surface area contributed by atoms with Crippen LogP contribution in [-0.2, 0) is 23.5 Å². The predicted molar refractivity (Wildman–Crippen MR) is 99.9 cm³/mol. The van der Waals surface area contributed by atoms with E-state index in [1.54, 1.807) is 6.92 Å². The molecule has 0 bridgehead atoms. The largest absolute Gasteiger partial charge is 0.469 e. The molecule has 0 aliphatic carbocycles. The first-order valence-corrected chi connectivity index (χ1v) is 10.2. The molecule has 0 aliphatic rings. The average molecular weight is 429 g/mol. The summed E-state index contributed by atoms with van der Waals surface area (Å²) in [5.74, 6) is -1.40. The first-order chi connectivity index (χ1) is 12.3. The van der Waals surface area contributed by atoms with Crippen LogP contribution in [0.5, 0.6) is 0 Å². The maximum atomic E-state index is 11.9. The van der Waals surface area contributed by atoms with Crippen LogP contribution in [0.1, 0.15) is 27.2 Å². The van der Waals surface area contributed by atoms with Crippen LogP contribution in [0, 0.1) is 5.41 Å². The molecule has 3 amide bonds. The molecular weight excluding hydrogens is 401 g/mol. The summed E-state index contributed by atoms with van der Waals surface area (Å²) < 4.78 is 15.0. The summed E-state index contributed by atoms with van der Waals surface area (Å²) in [5, 5.41) is 17.0. The SMILES string of the molecule is C[C@@H](S)C(=O)NCCNC(=O)CCNC(=O)[C@H](O)C(C)(C)COP(=O)(O)O. The molecule has 0 aliphatic heterocycles. The smallest absolute Gasteiger partial charge is 0.383 e. The molecule has 0 saturated carbocycles. The Labute approximate surface area is 163 Å². The number of thiol groups is 1. The number of carbonyl (C=O) groups excluding carboxylic acids is 3. The summed E-state index contributed by atoms with van der Waals surface area (Å²) in [4.78, 5) is 52.1. The molecule has 6 N–H and O–H groups in total. The van der Waals surface area contributed by atoms with Crippen molar-refractivity contribution in [2.45, 2.75) is 38.5 Å². The molecule has 0 rings (SSSR count). The number of hydrogen-bond donors (Lipinski definition) is 7. The van der Waals surface area contributed by atoms with Gasteiger partial charge in [-0.2, -0.15) is 12.6 Å². The monoisotopic (exact) mass is 429 g/mol. The number of hydrogen-bond acceptors (Lipinski definition) is 7. The molecule has 0 aromatic rings. The van der Waals surface area contributed by atoms with Gasteiger partial charge in [0.1, 0.15) is 6.10 Å². The van der Waals surface area contributed by atoms with Crippen molar-refractivity contribution in [2.75, 3.05) is 26.2 Å². The van der Waals surface area contributed by atoms with Gasteiger partial charge in [0.2, 0.25) is 17.7 Å². The number of phosphoric acid groups is 1. The molecule has 0 heterocycles. The van der Waals surface area contributed by atoms with Gasteiger partial charge in [-0.15, -0.1) is 0 Å². The molecule has 0 aromatic heterocycles. The van der Waals surface area contributed by atoms with E-state index < -0.39 is 37.1 Å². The van der Waals surface area contributed by atoms with Crippen molar-refractivity contribution < 1.29 is 38.4 Å². The predicted octanol–water partition coefficient (Wildman–Crippen LogP) is -1.46. The van der Waals surface area contributed by atoms with E-state index in [1.165, 1.54) is 13.8 Å². The Balaban J connectivity index is 4.11. The van der Waals surface area contributed by atoms with Crippen LogP contribution >= 0.6 is 20.5 Å².